The van der Waals surface area contributed by atoms with Crippen molar-refractivity contribution in [2.45, 2.75) is 19.8 Å². The predicted octanol–water partition coefficient (Wildman–Crippen LogP) is 4.09. The normalized spacial score (nSPS) is 10.6. The molecular formula is C20H19ClN4O2. The largest absolute Gasteiger partial charge is 0.396 e. The Morgan fingerprint density at radius 1 is 1.33 bits per heavy atom. The van der Waals surface area contributed by atoms with Crippen molar-refractivity contribution in [3.63, 3.8) is 0 Å². The summed E-state index contributed by atoms with van der Waals surface area (Å²) in [7, 11) is 0. The Labute approximate surface area is 162 Å². The number of aromatic nitrogens is 2. The average Bonchev–Trinajstić information content (AvgIpc) is 3.08. The van der Waals surface area contributed by atoms with Crippen molar-refractivity contribution in [1.29, 1.82) is 5.26 Å². The van der Waals surface area contributed by atoms with Crippen LogP contribution in [0, 0.1) is 11.3 Å². The molecule has 0 spiro atoms. The third-order valence-corrected chi connectivity index (χ3v) is 4.32. The van der Waals surface area contributed by atoms with Gasteiger partial charge in [-0.05, 0) is 42.8 Å². The molecule has 0 saturated carbocycles. The van der Waals surface area contributed by atoms with E-state index in [0.717, 1.165) is 23.7 Å². The Hall–Kier alpha value is -3.04. The summed E-state index contributed by atoms with van der Waals surface area (Å²) in [6.07, 6.45) is 3.67. The van der Waals surface area contributed by atoms with E-state index in [4.69, 9.17) is 16.4 Å². The van der Waals surface area contributed by atoms with Gasteiger partial charge in [0, 0.05) is 21.7 Å². The zero-order valence-electron chi connectivity index (χ0n) is 14.9. The van der Waals surface area contributed by atoms with Crippen molar-refractivity contribution in [2.75, 3.05) is 18.1 Å². The summed E-state index contributed by atoms with van der Waals surface area (Å²) in [6.45, 7) is 2.61. The Morgan fingerprint density at radius 3 is 2.93 bits per heavy atom. The van der Waals surface area contributed by atoms with Gasteiger partial charge in [-0.2, -0.15) is 5.26 Å². The van der Waals surface area contributed by atoms with Crippen LogP contribution in [0.15, 0.2) is 48.7 Å². The second-order valence-electron chi connectivity index (χ2n) is 6.01. The van der Waals surface area contributed by atoms with E-state index in [9.17, 15) is 10.1 Å². The lowest BCUT2D eigenvalue weighted by Crippen LogP contribution is -2.31. The summed E-state index contributed by atoms with van der Waals surface area (Å²) in [5.41, 5.74) is 1.85. The monoisotopic (exact) mass is 382 g/mol. The van der Waals surface area contributed by atoms with Gasteiger partial charge in [-0.3, -0.25) is 9.69 Å². The van der Waals surface area contributed by atoms with Crippen LogP contribution in [0.2, 0.25) is 5.02 Å². The molecule has 1 heterocycles. The van der Waals surface area contributed by atoms with Crippen LogP contribution in [-0.2, 0) is 0 Å². The number of hydrogen-bond donors (Lipinski definition) is 0. The molecule has 0 atom stereocenters. The van der Waals surface area contributed by atoms with Gasteiger partial charge in [0.25, 0.3) is 5.91 Å². The highest BCUT2D eigenvalue weighted by Gasteiger charge is 2.19. The van der Waals surface area contributed by atoms with Gasteiger partial charge >= 0.3 is 0 Å². The molecule has 1 aromatic heterocycles. The number of fused-ring (bicyclic) bond motifs is 1. The van der Waals surface area contributed by atoms with Gasteiger partial charge in [-0.15, -0.1) is 5.10 Å². The maximum atomic E-state index is 12.9. The van der Waals surface area contributed by atoms with Crippen molar-refractivity contribution in [2.24, 2.45) is 0 Å². The van der Waals surface area contributed by atoms with Crippen molar-refractivity contribution in [3.8, 4) is 6.07 Å². The van der Waals surface area contributed by atoms with Gasteiger partial charge in [0.05, 0.1) is 12.3 Å². The van der Waals surface area contributed by atoms with E-state index in [-0.39, 0.29) is 12.5 Å². The number of unbranched alkanes of at least 4 members (excludes halogenated alkanes) is 1. The third kappa shape index (κ3) is 4.21. The van der Waals surface area contributed by atoms with E-state index in [1.807, 2.05) is 18.2 Å². The lowest BCUT2D eigenvalue weighted by atomic mass is 10.1. The molecule has 0 saturated heterocycles. The number of halogens is 1. The summed E-state index contributed by atoms with van der Waals surface area (Å²) in [5, 5.41) is 14.7. The molecule has 138 valence electrons. The highest BCUT2D eigenvalue weighted by Crippen LogP contribution is 2.24. The van der Waals surface area contributed by atoms with E-state index in [0.29, 0.717) is 22.9 Å². The maximum Gasteiger partial charge on any atom is 0.259 e. The summed E-state index contributed by atoms with van der Waals surface area (Å²) < 4.78 is 0. The first-order valence-electron chi connectivity index (χ1n) is 8.69. The minimum absolute atomic E-state index is 0.0714. The molecule has 1 amide bonds. The highest BCUT2D eigenvalue weighted by molar-refractivity contribution is 6.31. The number of anilines is 1. The van der Waals surface area contributed by atoms with E-state index in [1.54, 1.807) is 36.5 Å². The molecular weight excluding hydrogens is 364 g/mol. The predicted molar refractivity (Wildman–Crippen MR) is 105 cm³/mol. The smallest absolute Gasteiger partial charge is 0.259 e. The molecule has 0 bridgehead atoms. The number of rotatable bonds is 7. The molecule has 0 aliphatic carbocycles. The lowest BCUT2D eigenvalue weighted by molar-refractivity contribution is 0.0897. The van der Waals surface area contributed by atoms with Gasteiger partial charge in [0.2, 0.25) is 0 Å². The van der Waals surface area contributed by atoms with Gasteiger partial charge in [0.15, 0.2) is 0 Å². The number of carbonyl (C=O) groups excluding carboxylic acids is 1. The second kappa shape index (κ2) is 8.56. The first-order valence-corrected chi connectivity index (χ1v) is 9.07. The van der Waals surface area contributed by atoms with Crippen LogP contribution in [0.4, 0.5) is 5.69 Å². The molecule has 0 fully saturated rings. The Morgan fingerprint density at radius 2 is 2.19 bits per heavy atom. The molecule has 0 N–H and O–H groups in total. The van der Waals surface area contributed by atoms with Gasteiger partial charge < -0.3 is 4.84 Å². The van der Waals surface area contributed by atoms with Crippen molar-refractivity contribution >= 4 is 34.1 Å². The summed E-state index contributed by atoms with van der Waals surface area (Å²) in [4.78, 5) is 21.4. The quantitative estimate of drug-likeness (QED) is 0.455. The SMILES string of the molecule is CCCCOn1ncc2cc(N(CC#N)C(=O)c3cccc(Cl)c3)ccc21. The molecule has 0 unspecified atom stereocenters. The lowest BCUT2D eigenvalue weighted by Gasteiger charge is -2.20. The van der Waals surface area contributed by atoms with Crippen LogP contribution in [0.25, 0.3) is 10.9 Å². The van der Waals surface area contributed by atoms with E-state index < -0.39 is 0 Å². The van der Waals surface area contributed by atoms with Crippen molar-refractivity contribution in [1.82, 2.24) is 9.94 Å². The van der Waals surface area contributed by atoms with E-state index >= 15 is 0 Å². The van der Waals surface area contributed by atoms with E-state index in [1.165, 1.54) is 9.75 Å². The highest BCUT2D eigenvalue weighted by atomic mass is 35.5. The number of carbonyl (C=O) groups is 1. The molecule has 27 heavy (non-hydrogen) atoms. The molecule has 0 radical (unpaired) electrons. The number of hydrogen-bond acceptors (Lipinski definition) is 4. The first-order chi connectivity index (χ1) is 13.1. The molecule has 2 aromatic carbocycles. The fourth-order valence-corrected chi connectivity index (χ4v) is 2.88. The molecule has 6 nitrogen and oxygen atoms in total. The van der Waals surface area contributed by atoms with Crippen molar-refractivity contribution < 1.29 is 9.63 Å². The van der Waals surface area contributed by atoms with Crippen LogP contribution >= 0.6 is 11.6 Å². The third-order valence-electron chi connectivity index (χ3n) is 4.09. The van der Waals surface area contributed by atoms with Crippen molar-refractivity contribution in [3.05, 3.63) is 59.2 Å². The topological polar surface area (TPSA) is 71.2 Å². The molecule has 3 rings (SSSR count). The van der Waals surface area contributed by atoms with Crippen LogP contribution in [0.3, 0.4) is 0 Å². The zero-order chi connectivity index (χ0) is 19.2. The number of nitrogens with zero attached hydrogens (tertiary/aromatic N) is 4. The Balaban J connectivity index is 1.90. The second-order valence-corrected chi connectivity index (χ2v) is 6.44. The zero-order valence-corrected chi connectivity index (χ0v) is 15.7. The molecule has 0 aliphatic heterocycles. The molecule has 7 heteroatoms. The van der Waals surface area contributed by atoms with Gasteiger partial charge in [0.1, 0.15) is 18.7 Å². The van der Waals surface area contributed by atoms with Crippen LogP contribution < -0.4 is 9.74 Å². The minimum Gasteiger partial charge on any atom is -0.396 e. The molecule has 0 aliphatic rings. The molecule has 3 aromatic rings. The first kappa shape index (κ1) is 18.7. The van der Waals surface area contributed by atoms with E-state index in [2.05, 4.69) is 12.0 Å². The van der Waals surface area contributed by atoms with Gasteiger partial charge in [-0.25, -0.2) is 0 Å². The summed E-state index contributed by atoms with van der Waals surface area (Å²) >= 11 is 5.99. The van der Waals surface area contributed by atoms with Crippen LogP contribution in [0.5, 0.6) is 0 Å². The standard InChI is InChI=1S/C20H19ClN4O2/c1-2-3-11-27-25-19-8-7-18(13-16(19)14-23-25)24(10-9-22)20(26)15-5-4-6-17(21)12-15/h4-8,12-14H,2-3,10-11H2,1H3. The Bertz CT molecular complexity index is 993. The summed E-state index contributed by atoms with van der Waals surface area (Å²) in [6, 6.07) is 14.2. The van der Waals surface area contributed by atoms with Crippen LogP contribution in [-0.4, -0.2) is 29.0 Å². The fourth-order valence-electron chi connectivity index (χ4n) is 2.69. The Kier molecular flexibility index (Phi) is 5.94. The number of nitriles is 1. The number of amides is 1. The van der Waals surface area contributed by atoms with Crippen LogP contribution in [0.1, 0.15) is 30.1 Å². The average molecular weight is 383 g/mol. The van der Waals surface area contributed by atoms with Gasteiger partial charge in [-0.1, -0.05) is 35.9 Å². The maximum absolute atomic E-state index is 12.9. The minimum atomic E-state index is -0.287. The fraction of sp³-hybridized carbons (Fsp3) is 0.250. The summed E-state index contributed by atoms with van der Waals surface area (Å²) in [5.74, 6) is -0.287. The number of benzene rings is 2.